The van der Waals surface area contributed by atoms with Gasteiger partial charge in [0.05, 0.1) is 6.10 Å². The van der Waals surface area contributed by atoms with Crippen LogP contribution in [0.25, 0.3) is 0 Å². The average Bonchev–Trinajstić information content (AvgIpc) is 2.33. The van der Waals surface area contributed by atoms with Crippen LogP contribution in [0, 0.1) is 13.8 Å². The molecule has 2 unspecified atom stereocenters. The van der Waals surface area contributed by atoms with E-state index in [1.807, 2.05) is 26.0 Å². The average molecular weight is 295 g/mol. The number of benzene rings is 1. The normalized spacial score (nSPS) is 14.5. The van der Waals surface area contributed by atoms with Crippen molar-refractivity contribution in [3.8, 4) is 5.75 Å². The molecule has 0 fully saturated rings. The maximum atomic E-state index is 10.1. The van der Waals surface area contributed by atoms with Crippen LogP contribution in [0.3, 0.4) is 0 Å². The second kappa shape index (κ2) is 8.37. The highest BCUT2D eigenvalue weighted by molar-refractivity contribution is 5.32. The molecule has 2 N–H and O–H groups in total. The summed E-state index contributed by atoms with van der Waals surface area (Å²) in [6.45, 7) is 11.2. The molecule has 120 valence electrons. The molecule has 0 aliphatic rings. The predicted molar refractivity (Wildman–Crippen MR) is 85.8 cm³/mol. The van der Waals surface area contributed by atoms with E-state index in [-0.39, 0.29) is 12.6 Å². The van der Waals surface area contributed by atoms with Crippen molar-refractivity contribution in [2.24, 2.45) is 0 Å². The Morgan fingerprint density at radius 2 is 1.57 bits per heavy atom. The SMILES string of the molecule is Cc1cc(C)cc(OCC(O)CN(CC(C)O)C(C)C)c1. The summed E-state index contributed by atoms with van der Waals surface area (Å²) in [6, 6.07) is 6.30. The van der Waals surface area contributed by atoms with Crippen molar-refractivity contribution < 1.29 is 14.9 Å². The van der Waals surface area contributed by atoms with Gasteiger partial charge in [0, 0.05) is 19.1 Å². The fourth-order valence-electron chi connectivity index (χ4n) is 2.37. The summed E-state index contributed by atoms with van der Waals surface area (Å²) in [5.41, 5.74) is 2.30. The van der Waals surface area contributed by atoms with Gasteiger partial charge in [-0.1, -0.05) is 6.07 Å². The van der Waals surface area contributed by atoms with E-state index in [9.17, 15) is 10.2 Å². The Labute approximate surface area is 128 Å². The molecule has 0 spiro atoms. The van der Waals surface area contributed by atoms with Gasteiger partial charge in [0.25, 0.3) is 0 Å². The van der Waals surface area contributed by atoms with Crippen LogP contribution in [-0.2, 0) is 0 Å². The number of hydrogen-bond acceptors (Lipinski definition) is 4. The zero-order valence-electron chi connectivity index (χ0n) is 13.8. The fourth-order valence-corrected chi connectivity index (χ4v) is 2.37. The largest absolute Gasteiger partial charge is 0.491 e. The molecule has 0 saturated heterocycles. The zero-order chi connectivity index (χ0) is 16.0. The van der Waals surface area contributed by atoms with Crippen LogP contribution in [0.1, 0.15) is 31.9 Å². The summed E-state index contributed by atoms with van der Waals surface area (Å²) >= 11 is 0. The van der Waals surface area contributed by atoms with Crippen molar-refractivity contribution in [2.45, 2.75) is 52.9 Å². The lowest BCUT2D eigenvalue weighted by Gasteiger charge is -2.29. The number of aryl methyl sites for hydroxylation is 2. The smallest absolute Gasteiger partial charge is 0.119 e. The first-order chi connectivity index (χ1) is 9.77. The van der Waals surface area contributed by atoms with Crippen LogP contribution in [0.5, 0.6) is 5.75 Å². The topological polar surface area (TPSA) is 52.9 Å². The maximum Gasteiger partial charge on any atom is 0.119 e. The van der Waals surface area contributed by atoms with Crippen molar-refractivity contribution in [1.82, 2.24) is 4.90 Å². The van der Waals surface area contributed by atoms with Crippen LogP contribution >= 0.6 is 0 Å². The van der Waals surface area contributed by atoms with Gasteiger partial charge in [0.15, 0.2) is 0 Å². The number of aliphatic hydroxyl groups excluding tert-OH is 2. The van der Waals surface area contributed by atoms with E-state index in [1.165, 1.54) is 0 Å². The van der Waals surface area contributed by atoms with Gasteiger partial charge in [-0.25, -0.2) is 0 Å². The number of nitrogens with zero attached hydrogens (tertiary/aromatic N) is 1. The molecule has 0 radical (unpaired) electrons. The Kier molecular flexibility index (Phi) is 7.15. The summed E-state index contributed by atoms with van der Waals surface area (Å²) in [7, 11) is 0. The monoisotopic (exact) mass is 295 g/mol. The van der Waals surface area contributed by atoms with Gasteiger partial charge in [0.2, 0.25) is 0 Å². The van der Waals surface area contributed by atoms with Gasteiger partial charge < -0.3 is 14.9 Å². The van der Waals surface area contributed by atoms with Crippen molar-refractivity contribution >= 4 is 0 Å². The van der Waals surface area contributed by atoms with Gasteiger partial charge in [0.1, 0.15) is 18.5 Å². The van der Waals surface area contributed by atoms with Crippen molar-refractivity contribution in [1.29, 1.82) is 0 Å². The molecule has 1 aromatic rings. The fraction of sp³-hybridized carbons (Fsp3) is 0.647. The molecule has 0 bridgehead atoms. The van der Waals surface area contributed by atoms with Crippen LogP contribution in [0.2, 0.25) is 0 Å². The summed E-state index contributed by atoms with van der Waals surface area (Å²) < 4.78 is 5.68. The third-order valence-corrected chi connectivity index (χ3v) is 3.31. The lowest BCUT2D eigenvalue weighted by molar-refractivity contribution is 0.0365. The van der Waals surface area contributed by atoms with Crippen molar-refractivity contribution in [2.75, 3.05) is 19.7 Å². The Balaban J connectivity index is 2.50. The van der Waals surface area contributed by atoms with Crippen LogP contribution in [0.4, 0.5) is 0 Å². The standard InChI is InChI=1S/C17H29NO3/c1-12(2)18(9-15(5)19)10-16(20)11-21-17-7-13(3)6-14(4)8-17/h6-8,12,15-16,19-20H,9-11H2,1-5H3. The summed E-state index contributed by atoms with van der Waals surface area (Å²) in [6.07, 6.45) is -0.980. The number of hydrogen-bond donors (Lipinski definition) is 2. The van der Waals surface area contributed by atoms with Gasteiger partial charge in [-0.15, -0.1) is 0 Å². The Bertz CT molecular complexity index is 412. The Morgan fingerprint density at radius 1 is 1.00 bits per heavy atom. The van der Waals surface area contributed by atoms with Crippen molar-refractivity contribution in [3.05, 3.63) is 29.3 Å². The lowest BCUT2D eigenvalue weighted by Crippen LogP contribution is -2.43. The molecule has 0 amide bonds. The molecule has 0 aromatic heterocycles. The third-order valence-electron chi connectivity index (χ3n) is 3.31. The Morgan fingerprint density at radius 3 is 2.05 bits per heavy atom. The zero-order valence-corrected chi connectivity index (χ0v) is 13.8. The highest BCUT2D eigenvalue weighted by Crippen LogP contribution is 2.16. The summed E-state index contributed by atoms with van der Waals surface area (Å²) in [5.74, 6) is 0.790. The van der Waals surface area contributed by atoms with Gasteiger partial charge >= 0.3 is 0 Å². The van der Waals surface area contributed by atoms with E-state index in [0.717, 1.165) is 16.9 Å². The molecule has 0 aliphatic heterocycles. The van der Waals surface area contributed by atoms with Gasteiger partial charge in [-0.05, 0) is 57.9 Å². The van der Waals surface area contributed by atoms with Crippen LogP contribution < -0.4 is 4.74 Å². The molecule has 2 atom stereocenters. The number of rotatable bonds is 8. The lowest BCUT2D eigenvalue weighted by atomic mass is 10.1. The maximum absolute atomic E-state index is 10.1. The van der Waals surface area contributed by atoms with Crippen molar-refractivity contribution in [3.63, 3.8) is 0 Å². The first-order valence-corrected chi connectivity index (χ1v) is 7.59. The molecule has 0 heterocycles. The third kappa shape index (κ3) is 6.93. The van der Waals surface area contributed by atoms with E-state index in [1.54, 1.807) is 6.92 Å². The molecule has 21 heavy (non-hydrogen) atoms. The molecule has 0 saturated carbocycles. The molecular weight excluding hydrogens is 266 g/mol. The highest BCUT2D eigenvalue weighted by atomic mass is 16.5. The van der Waals surface area contributed by atoms with Crippen LogP contribution in [0.15, 0.2) is 18.2 Å². The second-order valence-corrected chi connectivity index (χ2v) is 6.18. The molecule has 1 aromatic carbocycles. The van der Waals surface area contributed by atoms with E-state index in [4.69, 9.17) is 4.74 Å². The highest BCUT2D eigenvalue weighted by Gasteiger charge is 2.17. The molecule has 1 rings (SSSR count). The molecule has 4 heteroatoms. The number of ether oxygens (including phenoxy) is 1. The molecule has 4 nitrogen and oxygen atoms in total. The minimum Gasteiger partial charge on any atom is -0.491 e. The summed E-state index contributed by atoms with van der Waals surface area (Å²) in [5, 5.41) is 19.6. The van der Waals surface area contributed by atoms with Crippen LogP contribution in [-0.4, -0.2) is 53.1 Å². The second-order valence-electron chi connectivity index (χ2n) is 6.18. The first kappa shape index (κ1) is 18.0. The van der Waals surface area contributed by atoms with Gasteiger partial charge in [-0.3, -0.25) is 4.90 Å². The molecule has 0 aliphatic carbocycles. The van der Waals surface area contributed by atoms with E-state index in [2.05, 4.69) is 24.8 Å². The quantitative estimate of drug-likeness (QED) is 0.771. The van der Waals surface area contributed by atoms with Gasteiger partial charge in [-0.2, -0.15) is 0 Å². The first-order valence-electron chi connectivity index (χ1n) is 7.59. The summed E-state index contributed by atoms with van der Waals surface area (Å²) in [4.78, 5) is 2.06. The molecular formula is C17H29NO3. The minimum atomic E-state index is -0.577. The van der Waals surface area contributed by atoms with E-state index < -0.39 is 12.2 Å². The Hall–Kier alpha value is -1.10. The number of aliphatic hydroxyl groups is 2. The predicted octanol–water partition coefficient (Wildman–Crippen LogP) is 2.13. The minimum absolute atomic E-state index is 0.256. The van der Waals surface area contributed by atoms with E-state index >= 15 is 0 Å². The van der Waals surface area contributed by atoms with E-state index in [0.29, 0.717) is 13.1 Å².